The van der Waals surface area contributed by atoms with Crippen LogP contribution in [0.25, 0.3) is 0 Å². The van der Waals surface area contributed by atoms with Crippen LogP contribution < -0.4 is 9.47 Å². The fourth-order valence-electron chi connectivity index (χ4n) is 2.49. The van der Waals surface area contributed by atoms with Gasteiger partial charge in [0.05, 0.1) is 17.2 Å². The van der Waals surface area contributed by atoms with Gasteiger partial charge in [0, 0.05) is 17.7 Å². The van der Waals surface area contributed by atoms with Crippen LogP contribution in [0.1, 0.15) is 11.1 Å². The molecule has 0 atom stereocenters. The van der Waals surface area contributed by atoms with Gasteiger partial charge in [0.15, 0.2) is 11.5 Å². The Morgan fingerprint density at radius 1 is 1.09 bits per heavy atom. The molecule has 0 saturated heterocycles. The lowest BCUT2D eigenvalue weighted by Crippen LogP contribution is -2.19. The van der Waals surface area contributed by atoms with Crippen LogP contribution in [-0.2, 0) is 21.0 Å². The summed E-state index contributed by atoms with van der Waals surface area (Å²) in [6.07, 6.45) is -4.89. The van der Waals surface area contributed by atoms with Crippen LogP contribution in [0.2, 0.25) is 10.0 Å². The Hall–Kier alpha value is -2.98. The van der Waals surface area contributed by atoms with Gasteiger partial charge in [-0.25, -0.2) is 9.18 Å². The Balaban J connectivity index is 2.18. The maximum absolute atomic E-state index is 12.9. The average Bonchev–Trinajstić information content (AvgIpc) is 2.76. The van der Waals surface area contributed by atoms with Crippen molar-refractivity contribution in [3.63, 3.8) is 0 Å². The first kappa shape index (κ1) is 26.3. The molecule has 0 aliphatic rings. The van der Waals surface area contributed by atoms with Crippen LogP contribution in [0.15, 0.2) is 53.5 Å². The summed E-state index contributed by atoms with van der Waals surface area (Å²) in [7, 11) is 2.48. The second-order valence-corrected chi connectivity index (χ2v) is 6.95. The molecule has 0 spiro atoms. The second kappa shape index (κ2) is 11.8. The standard InChI is InChI=1S/C21H17Cl2F4NO5/c1-30-20(29)18(28-31-2)14-6-4-3-5-12(14)11-33-13-9-15(22)19(16(23)10-13)32-8-7-17(24)21(25,26)27/h3-7,9-10H,8,11H2,1-2H3/b17-7?,28-18+. The number of benzene rings is 2. The van der Waals surface area contributed by atoms with Gasteiger partial charge < -0.3 is 19.0 Å². The predicted molar refractivity (Wildman–Crippen MR) is 114 cm³/mol. The van der Waals surface area contributed by atoms with Crippen LogP contribution in [0.4, 0.5) is 17.6 Å². The van der Waals surface area contributed by atoms with E-state index in [4.69, 9.17) is 42.3 Å². The fourth-order valence-corrected chi connectivity index (χ4v) is 3.07. The van der Waals surface area contributed by atoms with Crippen molar-refractivity contribution in [2.45, 2.75) is 12.8 Å². The lowest BCUT2D eigenvalue weighted by molar-refractivity contribution is -0.132. The summed E-state index contributed by atoms with van der Waals surface area (Å²) >= 11 is 12.2. The molecule has 0 saturated carbocycles. The fraction of sp³-hybridized carbons (Fsp3) is 0.238. The molecule has 0 aliphatic heterocycles. The predicted octanol–water partition coefficient (Wildman–Crippen LogP) is 5.89. The zero-order valence-corrected chi connectivity index (χ0v) is 18.7. The van der Waals surface area contributed by atoms with E-state index in [-0.39, 0.29) is 39.9 Å². The highest BCUT2D eigenvalue weighted by Gasteiger charge is 2.34. The highest BCUT2D eigenvalue weighted by molar-refractivity contribution is 6.43. The van der Waals surface area contributed by atoms with E-state index >= 15 is 0 Å². The molecule has 2 aromatic carbocycles. The number of hydrogen-bond donors (Lipinski definition) is 0. The highest BCUT2D eigenvalue weighted by Crippen LogP contribution is 2.37. The molecule has 12 heteroatoms. The molecule has 178 valence electrons. The number of alkyl halides is 3. The Morgan fingerprint density at radius 2 is 1.73 bits per heavy atom. The Bertz CT molecular complexity index is 1030. The number of methoxy groups -OCH3 is 1. The van der Waals surface area contributed by atoms with Crippen molar-refractivity contribution >= 4 is 34.9 Å². The van der Waals surface area contributed by atoms with Crippen molar-refractivity contribution in [3.8, 4) is 11.5 Å². The van der Waals surface area contributed by atoms with E-state index in [0.29, 0.717) is 11.1 Å². The van der Waals surface area contributed by atoms with E-state index in [1.165, 1.54) is 26.4 Å². The first-order chi connectivity index (χ1) is 15.6. The maximum Gasteiger partial charge on any atom is 0.442 e. The smallest absolute Gasteiger partial charge is 0.442 e. The molecule has 6 nitrogen and oxygen atoms in total. The summed E-state index contributed by atoms with van der Waals surface area (Å²) in [4.78, 5) is 16.7. The third-order valence-corrected chi connectivity index (χ3v) is 4.52. The van der Waals surface area contributed by atoms with Crippen LogP contribution in [0.3, 0.4) is 0 Å². The Labute approximate surface area is 196 Å². The molecule has 0 radical (unpaired) electrons. The number of ether oxygens (including phenoxy) is 3. The van der Waals surface area contributed by atoms with Gasteiger partial charge in [-0.1, -0.05) is 52.6 Å². The Kier molecular flexibility index (Phi) is 9.36. The van der Waals surface area contributed by atoms with Gasteiger partial charge in [-0.15, -0.1) is 0 Å². The number of hydrogen-bond acceptors (Lipinski definition) is 6. The number of oxime groups is 1. The number of esters is 1. The van der Waals surface area contributed by atoms with Crippen LogP contribution >= 0.6 is 23.2 Å². The lowest BCUT2D eigenvalue weighted by atomic mass is 10.0. The molecular weight excluding hydrogens is 493 g/mol. The van der Waals surface area contributed by atoms with Gasteiger partial charge >= 0.3 is 12.1 Å². The Morgan fingerprint density at radius 3 is 2.30 bits per heavy atom. The van der Waals surface area contributed by atoms with Crippen molar-refractivity contribution < 1.29 is 41.4 Å². The van der Waals surface area contributed by atoms with Gasteiger partial charge in [0.2, 0.25) is 5.83 Å². The summed E-state index contributed by atoms with van der Waals surface area (Å²) in [5.41, 5.74) is 0.888. The highest BCUT2D eigenvalue weighted by atomic mass is 35.5. The van der Waals surface area contributed by atoms with Gasteiger partial charge in [0.25, 0.3) is 0 Å². The van der Waals surface area contributed by atoms with Crippen molar-refractivity contribution in [2.24, 2.45) is 5.16 Å². The summed E-state index contributed by atoms with van der Waals surface area (Å²) < 4.78 is 64.9. The summed E-state index contributed by atoms with van der Waals surface area (Å²) in [5.74, 6) is -2.95. The maximum atomic E-state index is 12.9. The molecule has 0 bridgehead atoms. The van der Waals surface area contributed by atoms with E-state index in [0.717, 1.165) is 0 Å². The van der Waals surface area contributed by atoms with Crippen molar-refractivity contribution in [1.29, 1.82) is 0 Å². The summed E-state index contributed by atoms with van der Waals surface area (Å²) in [5, 5.41) is 3.57. The molecular formula is C21H17Cl2F4NO5. The number of carbonyl (C=O) groups excluding carboxylic acids is 1. The lowest BCUT2D eigenvalue weighted by Gasteiger charge is -2.14. The van der Waals surface area contributed by atoms with E-state index in [1.807, 2.05) is 0 Å². The van der Waals surface area contributed by atoms with Gasteiger partial charge in [0.1, 0.15) is 26.1 Å². The number of allylic oxidation sites excluding steroid dienone is 1. The van der Waals surface area contributed by atoms with Crippen LogP contribution in [0, 0.1) is 0 Å². The molecule has 0 fully saturated rings. The molecule has 0 aromatic heterocycles. The first-order valence-corrected chi connectivity index (χ1v) is 9.79. The monoisotopic (exact) mass is 509 g/mol. The molecule has 0 N–H and O–H groups in total. The van der Waals surface area contributed by atoms with Crippen molar-refractivity contribution in [1.82, 2.24) is 0 Å². The summed E-state index contributed by atoms with van der Waals surface area (Å²) in [6.45, 7) is -0.782. The van der Waals surface area contributed by atoms with Gasteiger partial charge in [-0.05, 0) is 11.6 Å². The minimum atomic E-state index is -5.10. The quantitative estimate of drug-likeness (QED) is 0.182. The summed E-state index contributed by atoms with van der Waals surface area (Å²) in [6, 6.07) is 9.35. The number of rotatable bonds is 9. The third kappa shape index (κ3) is 7.26. The number of nitrogens with zero attached hydrogens (tertiary/aromatic N) is 1. The second-order valence-electron chi connectivity index (χ2n) is 6.14. The zero-order valence-electron chi connectivity index (χ0n) is 17.2. The molecule has 33 heavy (non-hydrogen) atoms. The number of carbonyl (C=O) groups is 1. The molecule has 0 unspecified atom stereocenters. The average molecular weight is 510 g/mol. The SMILES string of the molecule is CO/N=C(/C(=O)OC)c1ccccc1COc1cc(Cl)c(OCC=C(F)C(F)(F)F)c(Cl)c1. The van der Waals surface area contributed by atoms with Gasteiger partial charge in [-0.3, -0.25) is 0 Å². The minimum absolute atomic E-state index is 0.0394. The van der Waals surface area contributed by atoms with Crippen molar-refractivity contribution in [2.75, 3.05) is 20.8 Å². The number of halogens is 6. The van der Waals surface area contributed by atoms with E-state index in [1.54, 1.807) is 24.3 Å². The van der Waals surface area contributed by atoms with Gasteiger partial charge in [-0.2, -0.15) is 13.2 Å². The van der Waals surface area contributed by atoms with Crippen molar-refractivity contribution in [3.05, 3.63) is 69.5 Å². The normalized spacial score (nSPS) is 12.4. The minimum Gasteiger partial charge on any atom is -0.489 e. The molecule has 2 aromatic rings. The van der Waals surface area contributed by atoms with E-state index < -0.39 is 24.6 Å². The van der Waals surface area contributed by atoms with E-state index in [2.05, 4.69) is 5.16 Å². The largest absolute Gasteiger partial charge is 0.489 e. The van der Waals surface area contributed by atoms with Crippen LogP contribution in [-0.4, -0.2) is 38.7 Å². The molecule has 0 aliphatic carbocycles. The first-order valence-electron chi connectivity index (χ1n) is 9.03. The topological polar surface area (TPSA) is 66.4 Å². The molecule has 0 amide bonds. The van der Waals surface area contributed by atoms with Crippen LogP contribution in [0.5, 0.6) is 11.5 Å². The third-order valence-electron chi connectivity index (χ3n) is 3.96. The molecule has 0 heterocycles. The van der Waals surface area contributed by atoms with E-state index in [9.17, 15) is 22.4 Å². The zero-order chi connectivity index (χ0) is 24.6. The molecule has 2 rings (SSSR count).